The minimum Gasteiger partial charge on any atom is -0.506 e. The van der Waals surface area contributed by atoms with Gasteiger partial charge >= 0.3 is 0 Å². The number of carbonyl (C=O) groups excluding carboxylic acids is 1. The zero-order valence-electron chi connectivity index (χ0n) is 8.38. The van der Waals surface area contributed by atoms with Crippen LogP contribution in [0.4, 0.5) is 5.69 Å². The predicted molar refractivity (Wildman–Crippen MR) is 60.3 cm³/mol. The summed E-state index contributed by atoms with van der Waals surface area (Å²) in [6, 6.07) is 4.54. The maximum atomic E-state index is 11.3. The molecule has 1 amide bonds. The number of benzene rings is 1. The summed E-state index contributed by atoms with van der Waals surface area (Å²) in [5, 5.41) is 14.9. The molecule has 4 nitrogen and oxygen atoms in total. The first-order valence-electron chi connectivity index (χ1n) is 4.56. The van der Waals surface area contributed by atoms with Crippen LogP contribution in [0.1, 0.15) is 6.42 Å². The first-order valence-corrected chi connectivity index (χ1v) is 4.94. The van der Waals surface area contributed by atoms with Crippen molar-refractivity contribution in [1.29, 1.82) is 0 Å². The number of halogens is 1. The zero-order valence-corrected chi connectivity index (χ0v) is 9.14. The van der Waals surface area contributed by atoms with Crippen LogP contribution in [0.2, 0.25) is 5.02 Å². The van der Waals surface area contributed by atoms with Gasteiger partial charge in [-0.15, -0.1) is 0 Å². The lowest BCUT2D eigenvalue weighted by atomic mass is 10.3. The van der Waals surface area contributed by atoms with E-state index in [1.807, 2.05) is 0 Å². The van der Waals surface area contributed by atoms with Gasteiger partial charge in [0.15, 0.2) is 0 Å². The van der Waals surface area contributed by atoms with Crippen molar-refractivity contribution < 1.29 is 9.90 Å². The zero-order chi connectivity index (χ0) is 11.3. The minimum atomic E-state index is -0.0916. The van der Waals surface area contributed by atoms with E-state index in [9.17, 15) is 4.79 Å². The molecular weight excluding hydrogens is 216 g/mol. The molecule has 0 radical (unpaired) electrons. The Balaban J connectivity index is 2.57. The van der Waals surface area contributed by atoms with Gasteiger partial charge in [0.05, 0.1) is 5.02 Å². The van der Waals surface area contributed by atoms with Crippen molar-refractivity contribution in [2.75, 3.05) is 18.9 Å². The molecule has 0 bridgehead atoms. The summed E-state index contributed by atoms with van der Waals surface area (Å²) in [5.41, 5.74) is 0.582. The second-order valence-electron chi connectivity index (χ2n) is 3.07. The third kappa shape index (κ3) is 3.77. The van der Waals surface area contributed by atoms with Gasteiger partial charge in [-0.3, -0.25) is 4.79 Å². The lowest BCUT2D eigenvalue weighted by Crippen LogP contribution is -2.18. The Morgan fingerprint density at radius 2 is 2.27 bits per heavy atom. The fraction of sp³-hybridized carbons (Fsp3) is 0.300. The molecule has 1 rings (SSSR count). The number of rotatable bonds is 4. The van der Waals surface area contributed by atoms with E-state index < -0.39 is 0 Å². The standard InChI is InChI=1S/C10H13ClN2O2/c1-12-5-4-10(15)13-7-2-3-9(14)8(11)6-7/h2-3,6,12,14H,4-5H2,1H3,(H,13,15). The Kier molecular flexibility index (Phi) is 4.39. The van der Waals surface area contributed by atoms with Crippen molar-refractivity contribution in [1.82, 2.24) is 5.32 Å². The van der Waals surface area contributed by atoms with Gasteiger partial charge in [0.25, 0.3) is 0 Å². The van der Waals surface area contributed by atoms with Gasteiger partial charge in [-0.25, -0.2) is 0 Å². The first kappa shape index (κ1) is 11.8. The van der Waals surface area contributed by atoms with Crippen molar-refractivity contribution >= 4 is 23.2 Å². The van der Waals surface area contributed by atoms with E-state index in [2.05, 4.69) is 10.6 Å². The molecule has 5 heteroatoms. The molecule has 0 heterocycles. The maximum Gasteiger partial charge on any atom is 0.225 e. The number of nitrogens with one attached hydrogen (secondary N) is 2. The third-order valence-electron chi connectivity index (χ3n) is 1.83. The van der Waals surface area contributed by atoms with Crippen molar-refractivity contribution in [3.8, 4) is 5.75 Å². The Morgan fingerprint density at radius 3 is 2.87 bits per heavy atom. The molecule has 0 aliphatic rings. The molecule has 3 N–H and O–H groups in total. The number of phenolic OH excluding ortho intramolecular Hbond substituents is 1. The molecule has 82 valence electrons. The van der Waals surface area contributed by atoms with Crippen LogP contribution in [0, 0.1) is 0 Å². The van der Waals surface area contributed by atoms with Crippen molar-refractivity contribution in [2.24, 2.45) is 0 Å². The van der Waals surface area contributed by atoms with Gasteiger partial charge in [0.2, 0.25) is 5.91 Å². The van der Waals surface area contributed by atoms with Crippen molar-refractivity contribution in [2.45, 2.75) is 6.42 Å². The molecule has 0 fully saturated rings. The molecule has 0 spiro atoms. The molecule has 15 heavy (non-hydrogen) atoms. The number of hydrogen-bond acceptors (Lipinski definition) is 3. The highest BCUT2D eigenvalue weighted by Gasteiger charge is 2.03. The number of carbonyl (C=O) groups is 1. The third-order valence-corrected chi connectivity index (χ3v) is 2.14. The predicted octanol–water partition coefficient (Wildman–Crippen LogP) is 1.59. The number of aromatic hydroxyl groups is 1. The van der Waals surface area contributed by atoms with Gasteiger partial charge in [-0.2, -0.15) is 0 Å². The van der Waals surface area contributed by atoms with E-state index in [4.69, 9.17) is 16.7 Å². The van der Waals surface area contributed by atoms with Crippen LogP contribution in [0.3, 0.4) is 0 Å². The highest BCUT2D eigenvalue weighted by Crippen LogP contribution is 2.25. The molecule has 1 aromatic rings. The Morgan fingerprint density at radius 1 is 1.53 bits per heavy atom. The van der Waals surface area contributed by atoms with Gasteiger partial charge in [0.1, 0.15) is 5.75 Å². The number of amides is 1. The summed E-state index contributed by atoms with van der Waals surface area (Å²) >= 11 is 5.69. The largest absolute Gasteiger partial charge is 0.506 e. The van der Waals surface area contributed by atoms with Gasteiger partial charge in [0, 0.05) is 18.7 Å². The van der Waals surface area contributed by atoms with E-state index in [1.54, 1.807) is 13.1 Å². The number of phenols is 1. The summed E-state index contributed by atoms with van der Waals surface area (Å²) in [6.45, 7) is 0.623. The number of hydrogen-bond donors (Lipinski definition) is 3. The lowest BCUT2D eigenvalue weighted by molar-refractivity contribution is -0.116. The molecule has 1 aromatic carbocycles. The maximum absolute atomic E-state index is 11.3. The topological polar surface area (TPSA) is 61.4 Å². The highest BCUT2D eigenvalue weighted by atomic mass is 35.5. The number of anilines is 1. The van der Waals surface area contributed by atoms with Crippen LogP contribution in [0.25, 0.3) is 0 Å². The highest BCUT2D eigenvalue weighted by molar-refractivity contribution is 6.32. The fourth-order valence-electron chi connectivity index (χ4n) is 1.05. The van der Waals surface area contributed by atoms with E-state index >= 15 is 0 Å². The van der Waals surface area contributed by atoms with Crippen molar-refractivity contribution in [3.05, 3.63) is 23.2 Å². The lowest BCUT2D eigenvalue weighted by Gasteiger charge is -2.05. The smallest absolute Gasteiger partial charge is 0.225 e. The molecular formula is C10H13ClN2O2. The van der Waals surface area contributed by atoms with Gasteiger partial charge in [-0.1, -0.05) is 11.6 Å². The quantitative estimate of drug-likeness (QED) is 0.686. The monoisotopic (exact) mass is 228 g/mol. The molecule has 0 aliphatic carbocycles. The second-order valence-corrected chi connectivity index (χ2v) is 3.48. The molecule has 0 atom stereocenters. The van der Waals surface area contributed by atoms with Crippen LogP contribution in [0.5, 0.6) is 5.75 Å². The summed E-state index contributed by atoms with van der Waals surface area (Å²) in [6.07, 6.45) is 0.398. The average Bonchev–Trinajstić information content (AvgIpc) is 2.20. The normalized spacial score (nSPS) is 10.0. The Bertz CT molecular complexity index is 355. The van der Waals surface area contributed by atoms with Gasteiger partial charge in [-0.05, 0) is 25.2 Å². The first-order chi connectivity index (χ1) is 7.13. The summed E-state index contributed by atoms with van der Waals surface area (Å²) < 4.78 is 0. The SMILES string of the molecule is CNCCC(=O)Nc1ccc(O)c(Cl)c1. The molecule has 0 saturated heterocycles. The summed E-state index contributed by atoms with van der Waals surface area (Å²) in [5.74, 6) is -0.0870. The van der Waals surface area contributed by atoms with Crippen molar-refractivity contribution in [3.63, 3.8) is 0 Å². The van der Waals surface area contributed by atoms with E-state index in [0.717, 1.165) is 0 Å². The summed E-state index contributed by atoms with van der Waals surface area (Å²) in [7, 11) is 1.78. The van der Waals surface area contributed by atoms with Crippen LogP contribution >= 0.6 is 11.6 Å². The minimum absolute atomic E-state index is 0.00453. The Labute approximate surface area is 93.2 Å². The molecule has 0 saturated carbocycles. The van der Waals surface area contributed by atoms with E-state index in [0.29, 0.717) is 18.7 Å². The summed E-state index contributed by atoms with van der Waals surface area (Å²) in [4.78, 5) is 11.3. The van der Waals surface area contributed by atoms with Crippen LogP contribution < -0.4 is 10.6 Å². The van der Waals surface area contributed by atoms with Gasteiger partial charge < -0.3 is 15.7 Å². The van der Waals surface area contributed by atoms with Crippen LogP contribution in [-0.4, -0.2) is 24.6 Å². The molecule has 0 aromatic heterocycles. The van der Waals surface area contributed by atoms with Crippen LogP contribution in [-0.2, 0) is 4.79 Å². The molecule has 0 unspecified atom stereocenters. The Hall–Kier alpha value is -1.26. The van der Waals surface area contributed by atoms with Crippen LogP contribution in [0.15, 0.2) is 18.2 Å². The van der Waals surface area contributed by atoms with E-state index in [-0.39, 0.29) is 16.7 Å². The molecule has 0 aliphatic heterocycles. The second kappa shape index (κ2) is 5.58. The fourth-order valence-corrected chi connectivity index (χ4v) is 1.23. The van der Waals surface area contributed by atoms with E-state index in [1.165, 1.54) is 12.1 Å². The average molecular weight is 229 g/mol.